The molecule has 18 heavy (non-hydrogen) atoms. The van der Waals surface area contributed by atoms with Gasteiger partial charge in [-0.2, -0.15) is 16.3 Å². The molecule has 0 unspecified atom stereocenters. The van der Waals surface area contributed by atoms with E-state index in [-0.39, 0.29) is 11.8 Å². The zero-order chi connectivity index (χ0) is 12.5. The summed E-state index contributed by atoms with van der Waals surface area (Å²) in [5, 5.41) is 10.6. The fourth-order valence-corrected chi connectivity index (χ4v) is 2.45. The SMILES string of the molecule is C[C@H]1C[C@@H]1C(=O)NCc1nc(-c2ccsc2)no1. The van der Waals surface area contributed by atoms with Gasteiger partial charge in [0.05, 0.1) is 6.54 Å². The maximum Gasteiger partial charge on any atom is 0.246 e. The Morgan fingerprint density at radius 1 is 1.67 bits per heavy atom. The van der Waals surface area contributed by atoms with E-state index >= 15 is 0 Å². The van der Waals surface area contributed by atoms with Gasteiger partial charge in [0.1, 0.15) is 0 Å². The van der Waals surface area contributed by atoms with Crippen molar-refractivity contribution in [3.05, 3.63) is 22.7 Å². The molecular formula is C12H13N3O2S. The Labute approximate surface area is 108 Å². The molecule has 3 rings (SSSR count). The van der Waals surface area contributed by atoms with E-state index in [2.05, 4.69) is 22.4 Å². The van der Waals surface area contributed by atoms with Gasteiger partial charge in [0.15, 0.2) is 0 Å². The standard InChI is InChI=1S/C12H13N3O2S/c1-7-4-9(7)12(16)13-5-10-14-11(15-17-10)8-2-3-18-6-8/h2-3,6-7,9H,4-5H2,1H3,(H,13,16)/t7-,9-/m0/s1. The summed E-state index contributed by atoms with van der Waals surface area (Å²) in [5.74, 6) is 1.77. The van der Waals surface area contributed by atoms with E-state index in [1.807, 2.05) is 16.8 Å². The molecule has 1 aliphatic carbocycles. The van der Waals surface area contributed by atoms with Crippen LogP contribution in [0.3, 0.4) is 0 Å². The molecule has 2 aromatic rings. The summed E-state index contributed by atoms with van der Waals surface area (Å²) in [4.78, 5) is 15.9. The Bertz CT molecular complexity index is 549. The third-order valence-electron chi connectivity index (χ3n) is 3.11. The Morgan fingerprint density at radius 2 is 2.50 bits per heavy atom. The molecule has 0 saturated heterocycles. The first-order valence-electron chi connectivity index (χ1n) is 5.87. The molecule has 6 heteroatoms. The van der Waals surface area contributed by atoms with Crippen molar-refractivity contribution in [2.75, 3.05) is 0 Å². The second kappa shape index (κ2) is 4.53. The molecule has 1 saturated carbocycles. The summed E-state index contributed by atoms with van der Waals surface area (Å²) in [7, 11) is 0. The quantitative estimate of drug-likeness (QED) is 0.917. The summed E-state index contributed by atoms with van der Waals surface area (Å²) in [6.07, 6.45) is 0.982. The van der Waals surface area contributed by atoms with Gasteiger partial charge >= 0.3 is 0 Å². The van der Waals surface area contributed by atoms with Gasteiger partial charge < -0.3 is 9.84 Å². The largest absolute Gasteiger partial charge is 0.347 e. The first kappa shape index (κ1) is 11.4. The topological polar surface area (TPSA) is 68.0 Å². The highest BCUT2D eigenvalue weighted by Gasteiger charge is 2.38. The van der Waals surface area contributed by atoms with Gasteiger partial charge in [-0.1, -0.05) is 12.1 Å². The fraction of sp³-hybridized carbons (Fsp3) is 0.417. The van der Waals surface area contributed by atoms with Crippen molar-refractivity contribution in [3.63, 3.8) is 0 Å². The fourth-order valence-electron chi connectivity index (χ4n) is 1.82. The van der Waals surface area contributed by atoms with Gasteiger partial charge in [-0.3, -0.25) is 4.79 Å². The number of rotatable bonds is 4. The zero-order valence-electron chi connectivity index (χ0n) is 9.92. The molecule has 5 nitrogen and oxygen atoms in total. The maximum absolute atomic E-state index is 11.6. The van der Waals surface area contributed by atoms with Crippen LogP contribution in [-0.4, -0.2) is 16.0 Å². The monoisotopic (exact) mass is 263 g/mol. The molecule has 0 aliphatic heterocycles. The number of thiophene rings is 1. The van der Waals surface area contributed by atoms with E-state index in [4.69, 9.17) is 4.52 Å². The van der Waals surface area contributed by atoms with Gasteiger partial charge in [-0.15, -0.1) is 0 Å². The Morgan fingerprint density at radius 3 is 3.17 bits per heavy atom. The first-order chi connectivity index (χ1) is 8.74. The molecule has 0 bridgehead atoms. The lowest BCUT2D eigenvalue weighted by molar-refractivity contribution is -0.122. The van der Waals surface area contributed by atoms with Gasteiger partial charge in [0, 0.05) is 16.9 Å². The molecular weight excluding hydrogens is 250 g/mol. The van der Waals surface area contributed by atoms with Gasteiger partial charge in [-0.25, -0.2) is 0 Å². The highest BCUT2D eigenvalue weighted by atomic mass is 32.1. The molecule has 0 spiro atoms. The van der Waals surface area contributed by atoms with Crippen molar-refractivity contribution in [2.45, 2.75) is 19.9 Å². The van der Waals surface area contributed by atoms with Crippen LogP contribution < -0.4 is 5.32 Å². The number of hydrogen-bond acceptors (Lipinski definition) is 5. The molecule has 1 fully saturated rings. The summed E-state index contributed by atoms with van der Waals surface area (Å²) < 4.78 is 5.09. The van der Waals surface area contributed by atoms with Crippen molar-refractivity contribution in [2.24, 2.45) is 11.8 Å². The van der Waals surface area contributed by atoms with Crippen molar-refractivity contribution in [1.29, 1.82) is 0 Å². The lowest BCUT2D eigenvalue weighted by Crippen LogP contribution is -2.24. The molecule has 1 aliphatic rings. The number of carbonyl (C=O) groups excluding carboxylic acids is 1. The van der Waals surface area contributed by atoms with Crippen LogP contribution in [0.2, 0.25) is 0 Å². The maximum atomic E-state index is 11.6. The molecule has 1 N–H and O–H groups in total. The second-order valence-electron chi connectivity index (χ2n) is 4.56. The van der Waals surface area contributed by atoms with E-state index in [9.17, 15) is 4.79 Å². The third-order valence-corrected chi connectivity index (χ3v) is 3.79. The smallest absolute Gasteiger partial charge is 0.246 e. The van der Waals surface area contributed by atoms with E-state index in [0.29, 0.717) is 24.2 Å². The number of nitrogens with zero attached hydrogens (tertiary/aromatic N) is 2. The second-order valence-corrected chi connectivity index (χ2v) is 5.34. The number of nitrogens with one attached hydrogen (secondary N) is 1. The molecule has 94 valence electrons. The van der Waals surface area contributed by atoms with Crippen molar-refractivity contribution in [1.82, 2.24) is 15.5 Å². The average molecular weight is 263 g/mol. The van der Waals surface area contributed by atoms with Crippen LogP contribution in [0, 0.1) is 11.8 Å². The van der Waals surface area contributed by atoms with Gasteiger partial charge in [0.2, 0.25) is 17.6 Å². The lowest BCUT2D eigenvalue weighted by Gasteiger charge is -1.99. The normalized spacial score (nSPS) is 21.8. The van der Waals surface area contributed by atoms with E-state index < -0.39 is 0 Å². The summed E-state index contributed by atoms with van der Waals surface area (Å²) >= 11 is 1.58. The molecule has 1 amide bonds. The highest BCUT2D eigenvalue weighted by molar-refractivity contribution is 7.08. The van der Waals surface area contributed by atoms with Crippen LogP contribution >= 0.6 is 11.3 Å². The van der Waals surface area contributed by atoms with E-state index in [1.165, 1.54) is 0 Å². The van der Waals surface area contributed by atoms with Crippen molar-refractivity contribution < 1.29 is 9.32 Å². The number of carbonyl (C=O) groups is 1. The van der Waals surface area contributed by atoms with Gasteiger partial charge in [0.25, 0.3) is 0 Å². The minimum absolute atomic E-state index is 0.0813. The molecule has 2 aromatic heterocycles. The van der Waals surface area contributed by atoms with Crippen LogP contribution in [0.25, 0.3) is 11.4 Å². The average Bonchev–Trinajstić information content (AvgIpc) is 2.85. The van der Waals surface area contributed by atoms with Crippen LogP contribution in [0.5, 0.6) is 0 Å². The Kier molecular flexibility index (Phi) is 2.87. The van der Waals surface area contributed by atoms with E-state index in [1.54, 1.807) is 11.3 Å². The summed E-state index contributed by atoms with van der Waals surface area (Å²) in [6, 6.07) is 1.93. The highest BCUT2D eigenvalue weighted by Crippen LogP contribution is 2.37. The zero-order valence-corrected chi connectivity index (χ0v) is 10.7. The number of hydrogen-bond donors (Lipinski definition) is 1. The van der Waals surface area contributed by atoms with Crippen molar-refractivity contribution >= 4 is 17.2 Å². The number of amides is 1. The molecule has 2 atom stereocenters. The predicted octanol–water partition coefficient (Wildman–Crippen LogP) is 2.07. The minimum Gasteiger partial charge on any atom is -0.347 e. The summed E-state index contributed by atoms with van der Waals surface area (Å²) in [5.41, 5.74) is 0.942. The Balaban J connectivity index is 1.59. The first-order valence-corrected chi connectivity index (χ1v) is 6.81. The van der Waals surface area contributed by atoms with Crippen LogP contribution in [0.15, 0.2) is 21.3 Å². The van der Waals surface area contributed by atoms with Crippen LogP contribution in [0.1, 0.15) is 19.2 Å². The minimum atomic E-state index is 0.0813. The third kappa shape index (κ3) is 2.28. The lowest BCUT2D eigenvalue weighted by atomic mass is 10.3. The van der Waals surface area contributed by atoms with Crippen LogP contribution in [-0.2, 0) is 11.3 Å². The Hall–Kier alpha value is -1.69. The van der Waals surface area contributed by atoms with Gasteiger partial charge in [-0.05, 0) is 23.8 Å². The van der Waals surface area contributed by atoms with E-state index in [0.717, 1.165) is 12.0 Å². The van der Waals surface area contributed by atoms with Crippen molar-refractivity contribution in [3.8, 4) is 11.4 Å². The summed E-state index contributed by atoms with van der Waals surface area (Å²) in [6.45, 7) is 2.38. The molecule has 0 aromatic carbocycles. The molecule has 0 radical (unpaired) electrons. The number of aromatic nitrogens is 2. The molecule has 2 heterocycles. The van der Waals surface area contributed by atoms with Crippen LogP contribution in [0.4, 0.5) is 0 Å². The predicted molar refractivity (Wildman–Crippen MR) is 66.7 cm³/mol.